The van der Waals surface area contributed by atoms with E-state index >= 15 is 0 Å². The molecular formula is C7H9N3O3. The Kier molecular flexibility index (Phi) is 1.99. The number of hydrogen-bond donors (Lipinski definition) is 2. The van der Waals surface area contributed by atoms with Gasteiger partial charge in [-0.3, -0.25) is 19.2 Å². The van der Waals surface area contributed by atoms with Gasteiger partial charge in [-0.15, -0.1) is 0 Å². The number of H-pyrrole nitrogens is 1. The molecule has 6 heteroatoms. The van der Waals surface area contributed by atoms with Crippen LogP contribution in [0.15, 0.2) is 21.9 Å². The quantitative estimate of drug-likeness (QED) is 0.583. The summed E-state index contributed by atoms with van der Waals surface area (Å²) in [4.78, 5) is 29.2. The van der Waals surface area contributed by atoms with E-state index in [1.165, 1.54) is 16.8 Å². The fourth-order valence-corrected chi connectivity index (χ4v) is 1.25. The minimum Gasteiger partial charge on any atom is -0.276 e. The number of hydroxylamine groups is 1. The Morgan fingerprint density at radius 2 is 2.38 bits per heavy atom. The number of aromatic amines is 1. The van der Waals surface area contributed by atoms with E-state index < -0.39 is 11.2 Å². The summed E-state index contributed by atoms with van der Waals surface area (Å²) in [5.41, 5.74) is 1.82. The lowest BCUT2D eigenvalue weighted by Gasteiger charge is -2.09. The molecule has 0 spiro atoms. The fraction of sp³-hybridized carbons (Fsp3) is 0.429. The maximum absolute atomic E-state index is 11.2. The molecule has 1 aliphatic rings. The van der Waals surface area contributed by atoms with Gasteiger partial charge in [0.1, 0.15) is 0 Å². The first-order valence-electron chi connectivity index (χ1n) is 3.97. The molecule has 0 radical (unpaired) electrons. The summed E-state index contributed by atoms with van der Waals surface area (Å²) >= 11 is 0. The maximum atomic E-state index is 11.2. The van der Waals surface area contributed by atoms with Crippen LogP contribution >= 0.6 is 0 Å². The second-order valence-corrected chi connectivity index (χ2v) is 2.77. The molecule has 1 fully saturated rings. The van der Waals surface area contributed by atoms with Gasteiger partial charge in [-0.05, 0) is 0 Å². The molecule has 1 aromatic rings. The summed E-state index contributed by atoms with van der Waals surface area (Å²) in [7, 11) is 0. The Morgan fingerprint density at radius 1 is 1.54 bits per heavy atom. The highest BCUT2D eigenvalue weighted by Crippen LogP contribution is 2.12. The fourth-order valence-electron chi connectivity index (χ4n) is 1.25. The first-order valence-corrected chi connectivity index (χ1v) is 3.97. The summed E-state index contributed by atoms with van der Waals surface area (Å²) in [6.45, 7) is 0.705. The number of nitrogens with zero attached hydrogens (tertiary/aromatic N) is 1. The molecule has 0 bridgehead atoms. The van der Waals surface area contributed by atoms with Crippen LogP contribution in [0, 0.1) is 0 Å². The van der Waals surface area contributed by atoms with Gasteiger partial charge < -0.3 is 0 Å². The van der Waals surface area contributed by atoms with Crippen molar-refractivity contribution >= 4 is 0 Å². The van der Waals surface area contributed by atoms with Gasteiger partial charge in [0.25, 0.3) is 5.56 Å². The summed E-state index contributed by atoms with van der Waals surface area (Å²) in [5, 5.41) is 0. The zero-order chi connectivity index (χ0) is 9.26. The summed E-state index contributed by atoms with van der Waals surface area (Å²) in [5.74, 6) is 0. The van der Waals surface area contributed by atoms with Crippen LogP contribution < -0.4 is 16.7 Å². The van der Waals surface area contributed by atoms with E-state index in [1.807, 2.05) is 0 Å². The third-order valence-corrected chi connectivity index (χ3v) is 1.87. The number of hydrogen-bond acceptors (Lipinski definition) is 4. The molecular weight excluding hydrogens is 174 g/mol. The summed E-state index contributed by atoms with van der Waals surface area (Å²) in [6, 6.07) is 1.29. The van der Waals surface area contributed by atoms with Crippen molar-refractivity contribution in [1.29, 1.82) is 0 Å². The lowest BCUT2D eigenvalue weighted by molar-refractivity contribution is -0.0120. The van der Waals surface area contributed by atoms with Gasteiger partial charge in [-0.1, -0.05) is 0 Å². The van der Waals surface area contributed by atoms with Crippen molar-refractivity contribution in [2.45, 2.75) is 12.6 Å². The van der Waals surface area contributed by atoms with Crippen molar-refractivity contribution < 1.29 is 4.84 Å². The van der Waals surface area contributed by atoms with Crippen molar-refractivity contribution in [1.82, 2.24) is 15.0 Å². The van der Waals surface area contributed by atoms with Gasteiger partial charge in [0.2, 0.25) is 0 Å². The van der Waals surface area contributed by atoms with E-state index in [0.29, 0.717) is 13.0 Å². The average molecular weight is 183 g/mol. The number of rotatable bonds is 1. The zero-order valence-electron chi connectivity index (χ0n) is 6.82. The first-order chi connectivity index (χ1) is 6.27. The highest BCUT2D eigenvalue weighted by molar-refractivity contribution is 4.84. The van der Waals surface area contributed by atoms with Gasteiger partial charge in [-0.25, -0.2) is 4.79 Å². The largest absolute Gasteiger partial charge is 0.330 e. The minimum absolute atomic E-state index is 0.315. The topological polar surface area (TPSA) is 76.1 Å². The Morgan fingerprint density at radius 3 is 3.00 bits per heavy atom. The first kappa shape index (κ1) is 8.21. The van der Waals surface area contributed by atoms with E-state index in [2.05, 4.69) is 10.5 Å². The molecule has 2 heterocycles. The second-order valence-electron chi connectivity index (χ2n) is 2.77. The molecule has 1 aliphatic heterocycles. The molecule has 0 aromatic carbocycles. The van der Waals surface area contributed by atoms with Crippen LogP contribution in [0.3, 0.4) is 0 Å². The van der Waals surface area contributed by atoms with Crippen LogP contribution in [0.5, 0.6) is 0 Å². The van der Waals surface area contributed by atoms with Crippen molar-refractivity contribution in [3.8, 4) is 0 Å². The monoisotopic (exact) mass is 183 g/mol. The highest BCUT2D eigenvalue weighted by Gasteiger charge is 2.18. The molecule has 0 aliphatic carbocycles. The second kappa shape index (κ2) is 3.15. The van der Waals surface area contributed by atoms with Crippen molar-refractivity contribution in [2.24, 2.45) is 0 Å². The van der Waals surface area contributed by atoms with Gasteiger partial charge in [0.05, 0.1) is 0 Å². The lowest BCUT2D eigenvalue weighted by Crippen LogP contribution is -2.31. The third-order valence-electron chi connectivity index (χ3n) is 1.87. The lowest BCUT2D eigenvalue weighted by atomic mass is 10.4. The normalized spacial score (nSPS) is 22.0. The number of nitrogens with one attached hydrogen (secondary N) is 2. The Balaban J connectivity index is 2.40. The van der Waals surface area contributed by atoms with Crippen molar-refractivity contribution in [2.75, 3.05) is 6.54 Å². The number of aromatic nitrogens is 2. The molecule has 2 rings (SSSR count). The Labute approximate surface area is 73.1 Å². The van der Waals surface area contributed by atoms with E-state index in [1.54, 1.807) is 0 Å². The molecule has 0 amide bonds. The van der Waals surface area contributed by atoms with Gasteiger partial charge >= 0.3 is 5.69 Å². The molecule has 2 N–H and O–H groups in total. The molecule has 0 saturated carbocycles. The molecule has 1 atom stereocenters. The van der Waals surface area contributed by atoms with Crippen LogP contribution in [0.25, 0.3) is 0 Å². The van der Waals surface area contributed by atoms with Crippen LogP contribution in [0.1, 0.15) is 12.6 Å². The molecule has 13 heavy (non-hydrogen) atoms. The molecule has 6 nitrogen and oxygen atoms in total. The van der Waals surface area contributed by atoms with E-state index in [4.69, 9.17) is 4.84 Å². The van der Waals surface area contributed by atoms with Crippen LogP contribution in [0.4, 0.5) is 0 Å². The van der Waals surface area contributed by atoms with Gasteiger partial charge in [-0.2, -0.15) is 5.48 Å². The van der Waals surface area contributed by atoms with E-state index in [0.717, 1.165) is 0 Å². The SMILES string of the molecule is O=c1ccn(C2CCNO2)c(=O)[nH]1. The summed E-state index contributed by atoms with van der Waals surface area (Å²) in [6.07, 6.45) is 1.83. The standard InChI is InChI=1S/C7H9N3O3/c11-5-2-4-10(7(12)9-5)6-1-3-8-13-6/h2,4,6,8H,1,3H2,(H,9,11,12). The van der Waals surface area contributed by atoms with Gasteiger partial charge in [0.15, 0.2) is 6.23 Å². The van der Waals surface area contributed by atoms with Gasteiger partial charge in [0, 0.05) is 25.2 Å². The molecule has 1 saturated heterocycles. The van der Waals surface area contributed by atoms with E-state index in [9.17, 15) is 9.59 Å². The average Bonchev–Trinajstić information content (AvgIpc) is 2.56. The minimum atomic E-state index is -0.443. The summed E-state index contributed by atoms with van der Waals surface area (Å²) < 4.78 is 1.35. The predicted octanol–water partition coefficient (Wildman–Crippen LogP) is -1.04. The molecule has 1 aromatic heterocycles. The van der Waals surface area contributed by atoms with E-state index in [-0.39, 0.29) is 6.23 Å². The maximum Gasteiger partial charge on any atom is 0.330 e. The Hall–Kier alpha value is -1.40. The molecule has 1 unspecified atom stereocenters. The third kappa shape index (κ3) is 1.53. The zero-order valence-corrected chi connectivity index (χ0v) is 6.82. The van der Waals surface area contributed by atoms with Crippen molar-refractivity contribution in [3.05, 3.63) is 33.1 Å². The van der Waals surface area contributed by atoms with Crippen LogP contribution in [-0.2, 0) is 4.84 Å². The van der Waals surface area contributed by atoms with Crippen LogP contribution in [-0.4, -0.2) is 16.1 Å². The predicted molar refractivity (Wildman–Crippen MR) is 44.1 cm³/mol. The Bertz CT molecular complexity index is 402. The van der Waals surface area contributed by atoms with Crippen LogP contribution in [0.2, 0.25) is 0 Å². The smallest absolute Gasteiger partial charge is 0.276 e. The highest BCUT2D eigenvalue weighted by atomic mass is 16.7. The van der Waals surface area contributed by atoms with Crippen molar-refractivity contribution in [3.63, 3.8) is 0 Å². The molecule has 70 valence electrons.